The Morgan fingerprint density at radius 2 is 2.20 bits per heavy atom. The summed E-state index contributed by atoms with van der Waals surface area (Å²) in [6, 6.07) is 6.21. The lowest BCUT2D eigenvalue weighted by molar-refractivity contribution is -0.133. The van der Waals surface area contributed by atoms with Crippen molar-refractivity contribution in [2.24, 2.45) is 0 Å². The van der Waals surface area contributed by atoms with Crippen LogP contribution in [-0.4, -0.2) is 26.4 Å². The minimum Gasteiger partial charge on any atom is -0.481 e. The molecule has 0 unspecified atom stereocenters. The molecular weight excluding hydrogens is 272 g/mol. The highest BCUT2D eigenvalue weighted by atomic mass is 32.2. The van der Waals surface area contributed by atoms with Crippen LogP contribution in [0.15, 0.2) is 23.4 Å². The molecule has 0 saturated heterocycles. The van der Waals surface area contributed by atoms with E-state index < -0.39 is 5.97 Å². The van der Waals surface area contributed by atoms with Gasteiger partial charge in [0.1, 0.15) is 0 Å². The van der Waals surface area contributed by atoms with E-state index in [2.05, 4.69) is 34.7 Å². The van der Waals surface area contributed by atoms with Gasteiger partial charge in [0.2, 0.25) is 0 Å². The molecule has 2 aromatic rings. The first kappa shape index (κ1) is 14.9. The average molecular weight is 292 g/mol. The number of carboxylic acid groups (broad SMARTS) is 1. The predicted octanol–water partition coefficient (Wildman–Crippen LogP) is 3.71. The fourth-order valence-electron chi connectivity index (χ4n) is 2.19. The van der Waals surface area contributed by atoms with E-state index in [1.54, 1.807) is 0 Å². The normalized spacial score (nSPS) is 11.1. The summed E-state index contributed by atoms with van der Waals surface area (Å²) in [7, 11) is 0. The van der Waals surface area contributed by atoms with E-state index in [9.17, 15) is 4.79 Å². The second-order valence-corrected chi connectivity index (χ2v) is 5.87. The van der Waals surface area contributed by atoms with E-state index in [0.717, 1.165) is 29.2 Å². The van der Waals surface area contributed by atoms with E-state index in [1.165, 1.54) is 30.2 Å². The Balaban J connectivity index is 2.31. The minimum absolute atomic E-state index is 0.0517. The first-order valence-electron chi connectivity index (χ1n) is 6.93. The molecule has 108 valence electrons. The Morgan fingerprint density at radius 3 is 2.90 bits per heavy atom. The number of hydrogen-bond donors (Lipinski definition) is 1. The van der Waals surface area contributed by atoms with Gasteiger partial charge in [0.05, 0.1) is 16.8 Å². The first-order chi connectivity index (χ1) is 9.61. The highest BCUT2D eigenvalue weighted by Crippen LogP contribution is 2.25. The summed E-state index contributed by atoms with van der Waals surface area (Å²) in [6.07, 6.45) is 3.44. The molecule has 0 atom stereocenters. The van der Waals surface area contributed by atoms with Crippen LogP contribution < -0.4 is 0 Å². The second kappa shape index (κ2) is 6.79. The van der Waals surface area contributed by atoms with Gasteiger partial charge in [-0.2, -0.15) is 0 Å². The van der Waals surface area contributed by atoms with Crippen LogP contribution >= 0.6 is 11.8 Å². The second-order valence-electron chi connectivity index (χ2n) is 4.93. The number of nitrogens with zero attached hydrogens (tertiary/aromatic N) is 2. The largest absolute Gasteiger partial charge is 0.481 e. The number of aliphatic carboxylic acids is 1. The number of carbonyl (C=O) groups is 1. The highest BCUT2D eigenvalue weighted by molar-refractivity contribution is 7.99. The maximum Gasteiger partial charge on any atom is 0.313 e. The van der Waals surface area contributed by atoms with E-state index in [0.29, 0.717) is 0 Å². The molecule has 0 bridgehead atoms. The van der Waals surface area contributed by atoms with E-state index in [4.69, 9.17) is 5.11 Å². The van der Waals surface area contributed by atoms with E-state index >= 15 is 0 Å². The lowest BCUT2D eigenvalue weighted by Gasteiger charge is -2.07. The maximum atomic E-state index is 10.8. The maximum absolute atomic E-state index is 10.8. The molecule has 0 aliphatic rings. The van der Waals surface area contributed by atoms with Crippen LogP contribution in [0.25, 0.3) is 11.0 Å². The molecule has 1 heterocycles. The van der Waals surface area contributed by atoms with Crippen LogP contribution in [0, 0.1) is 6.92 Å². The summed E-state index contributed by atoms with van der Waals surface area (Å²) >= 11 is 1.30. The van der Waals surface area contributed by atoms with Gasteiger partial charge in [-0.1, -0.05) is 37.6 Å². The van der Waals surface area contributed by atoms with Gasteiger partial charge >= 0.3 is 5.97 Å². The molecule has 20 heavy (non-hydrogen) atoms. The molecule has 4 nitrogen and oxygen atoms in total. The Hall–Kier alpha value is -1.49. The van der Waals surface area contributed by atoms with Gasteiger partial charge in [-0.3, -0.25) is 4.79 Å². The molecule has 0 radical (unpaired) electrons. The number of aromatic nitrogens is 2. The van der Waals surface area contributed by atoms with Crippen molar-refractivity contribution in [1.29, 1.82) is 0 Å². The van der Waals surface area contributed by atoms with Gasteiger partial charge in [0.25, 0.3) is 0 Å². The first-order valence-corrected chi connectivity index (χ1v) is 7.92. The third-order valence-corrected chi connectivity index (χ3v) is 4.14. The number of imidazole rings is 1. The van der Waals surface area contributed by atoms with Crippen molar-refractivity contribution in [2.45, 2.75) is 44.8 Å². The van der Waals surface area contributed by atoms with Crippen molar-refractivity contribution >= 4 is 28.8 Å². The fourth-order valence-corrected chi connectivity index (χ4v) is 2.95. The predicted molar refractivity (Wildman–Crippen MR) is 82.4 cm³/mol. The Labute approximate surface area is 123 Å². The van der Waals surface area contributed by atoms with Gasteiger partial charge in [-0.05, 0) is 31.0 Å². The molecule has 0 aliphatic heterocycles. The average Bonchev–Trinajstić information content (AvgIpc) is 2.74. The number of rotatable bonds is 7. The van der Waals surface area contributed by atoms with Gasteiger partial charge in [0.15, 0.2) is 5.16 Å². The molecule has 0 amide bonds. The molecular formula is C15H20N2O2S. The summed E-state index contributed by atoms with van der Waals surface area (Å²) in [5, 5.41) is 9.65. The third-order valence-electron chi connectivity index (χ3n) is 3.18. The standard InChI is InChI=1S/C15H20N2O2S/c1-3-4-5-8-17-13-7-6-11(2)9-12(13)16-15(17)20-10-14(18)19/h6-7,9H,3-5,8,10H2,1-2H3,(H,18,19). The smallest absolute Gasteiger partial charge is 0.313 e. The quantitative estimate of drug-likeness (QED) is 0.624. The Morgan fingerprint density at radius 1 is 1.40 bits per heavy atom. The fraction of sp³-hybridized carbons (Fsp3) is 0.467. The van der Waals surface area contributed by atoms with Crippen molar-refractivity contribution in [3.8, 4) is 0 Å². The zero-order chi connectivity index (χ0) is 14.5. The lowest BCUT2D eigenvalue weighted by atomic mass is 10.2. The van der Waals surface area contributed by atoms with Gasteiger partial charge < -0.3 is 9.67 Å². The highest BCUT2D eigenvalue weighted by Gasteiger charge is 2.12. The summed E-state index contributed by atoms with van der Waals surface area (Å²) < 4.78 is 2.15. The van der Waals surface area contributed by atoms with Crippen LogP contribution in [0.3, 0.4) is 0 Å². The van der Waals surface area contributed by atoms with Crippen molar-refractivity contribution < 1.29 is 9.90 Å². The number of aryl methyl sites for hydroxylation is 2. The van der Waals surface area contributed by atoms with Gasteiger partial charge in [0, 0.05) is 6.54 Å². The summed E-state index contributed by atoms with van der Waals surface area (Å²) in [5.74, 6) is -0.755. The van der Waals surface area contributed by atoms with Crippen LogP contribution in [-0.2, 0) is 11.3 Å². The van der Waals surface area contributed by atoms with Crippen LogP contribution in [0.2, 0.25) is 0 Å². The summed E-state index contributed by atoms with van der Waals surface area (Å²) in [5.41, 5.74) is 3.22. The van der Waals surface area contributed by atoms with Crippen LogP contribution in [0.1, 0.15) is 31.7 Å². The molecule has 0 saturated carbocycles. The number of fused-ring (bicyclic) bond motifs is 1. The number of carboxylic acids is 1. The molecule has 0 spiro atoms. The minimum atomic E-state index is -0.807. The van der Waals surface area contributed by atoms with Crippen LogP contribution in [0.5, 0.6) is 0 Å². The SMILES string of the molecule is CCCCCn1c(SCC(=O)O)nc2cc(C)ccc21. The molecule has 5 heteroatoms. The molecule has 1 N–H and O–H groups in total. The van der Waals surface area contributed by atoms with Gasteiger partial charge in [-0.25, -0.2) is 4.98 Å². The molecule has 0 fully saturated rings. The molecule has 2 rings (SSSR count). The molecule has 0 aliphatic carbocycles. The summed E-state index contributed by atoms with van der Waals surface area (Å²) in [6.45, 7) is 5.12. The van der Waals surface area contributed by atoms with Crippen molar-refractivity contribution in [2.75, 3.05) is 5.75 Å². The van der Waals surface area contributed by atoms with Crippen molar-refractivity contribution in [1.82, 2.24) is 9.55 Å². The summed E-state index contributed by atoms with van der Waals surface area (Å²) in [4.78, 5) is 15.3. The van der Waals surface area contributed by atoms with Gasteiger partial charge in [-0.15, -0.1) is 0 Å². The Bertz CT molecular complexity index is 607. The number of hydrogen-bond acceptors (Lipinski definition) is 3. The van der Waals surface area contributed by atoms with Crippen LogP contribution in [0.4, 0.5) is 0 Å². The number of benzene rings is 1. The monoisotopic (exact) mass is 292 g/mol. The third kappa shape index (κ3) is 3.54. The zero-order valence-corrected chi connectivity index (χ0v) is 12.7. The van der Waals surface area contributed by atoms with Crippen molar-refractivity contribution in [3.05, 3.63) is 23.8 Å². The van der Waals surface area contributed by atoms with E-state index in [1.807, 2.05) is 6.92 Å². The molecule has 1 aromatic heterocycles. The van der Waals surface area contributed by atoms with E-state index in [-0.39, 0.29) is 5.75 Å². The Kier molecular flexibility index (Phi) is 5.06. The lowest BCUT2D eigenvalue weighted by Crippen LogP contribution is -2.03. The molecule has 1 aromatic carbocycles. The number of unbranched alkanes of at least 4 members (excludes halogenated alkanes) is 2. The zero-order valence-electron chi connectivity index (χ0n) is 11.9. The topological polar surface area (TPSA) is 55.1 Å². The number of thioether (sulfide) groups is 1. The van der Waals surface area contributed by atoms with Crippen molar-refractivity contribution in [3.63, 3.8) is 0 Å².